The molecule has 0 aliphatic carbocycles. The van der Waals surface area contributed by atoms with Gasteiger partial charge in [-0.3, -0.25) is 4.79 Å². The molecule has 6 nitrogen and oxygen atoms in total. The number of amides is 1. The first-order chi connectivity index (χ1) is 9.88. The number of nitrogens with one attached hydrogen (secondary N) is 1. The van der Waals surface area contributed by atoms with Crippen LogP contribution in [0.25, 0.3) is 5.82 Å². The lowest BCUT2D eigenvalue weighted by atomic mass is 10.1. The van der Waals surface area contributed by atoms with E-state index in [0.29, 0.717) is 11.5 Å². The minimum absolute atomic E-state index is 0.0898. The Bertz CT molecular complexity index is 630. The first-order valence-electron chi connectivity index (χ1n) is 6.94. The summed E-state index contributed by atoms with van der Waals surface area (Å²) in [5.74, 6) is 0.601. The van der Waals surface area contributed by atoms with Crippen molar-refractivity contribution in [1.29, 1.82) is 0 Å². The van der Waals surface area contributed by atoms with Gasteiger partial charge in [0.2, 0.25) is 5.91 Å². The number of carbonyl (C=O) groups excluding carboxylic acids is 1. The molecule has 0 aliphatic heterocycles. The summed E-state index contributed by atoms with van der Waals surface area (Å²) < 4.78 is 1.76. The third kappa shape index (κ3) is 3.46. The highest BCUT2D eigenvalue weighted by atomic mass is 16.2. The molecule has 2 heterocycles. The normalized spacial score (nSPS) is 12.5. The number of nitrogens with zero attached hydrogens (tertiary/aromatic N) is 3. The first-order valence-corrected chi connectivity index (χ1v) is 6.94. The summed E-state index contributed by atoms with van der Waals surface area (Å²) in [6, 6.07) is 5.07. The number of hydrogen-bond acceptors (Lipinski definition) is 4. The molecule has 0 saturated heterocycles. The summed E-state index contributed by atoms with van der Waals surface area (Å²) in [5, 5.41) is 7.13. The predicted molar refractivity (Wildman–Crippen MR) is 82.3 cm³/mol. The van der Waals surface area contributed by atoms with Crippen molar-refractivity contribution in [1.82, 2.24) is 14.8 Å². The Kier molecular flexibility index (Phi) is 4.37. The van der Waals surface area contributed by atoms with E-state index in [-0.39, 0.29) is 11.8 Å². The van der Waals surface area contributed by atoms with Gasteiger partial charge in [-0.1, -0.05) is 13.8 Å². The van der Waals surface area contributed by atoms with Gasteiger partial charge in [0.25, 0.3) is 0 Å². The fourth-order valence-electron chi connectivity index (χ4n) is 1.97. The van der Waals surface area contributed by atoms with E-state index in [0.717, 1.165) is 11.4 Å². The molecule has 0 saturated carbocycles. The maximum atomic E-state index is 11.9. The number of carbonyl (C=O) groups is 1. The van der Waals surface area contributed by atoms with Crippen molar-refractivity contribution in [3.63, 3.8) is 0 Å². The number of anilines is 1. The van der Waals surface area contributed by atoms with Crippen LogP contribution in [0.1, 0.15) is 25.2 Å². The monoisotopic (exact) mass is 287 g/mol. The fraction of sp³-hybridized carbons (Fsp3) is 0.400. The van der Waals surface area contributed by atoms with E-state index in [1.54, 1.807) is 16.9 Å². The van der Waals surface area contributed by atoms with Crippen LogP contribution in [0.5, 0.6) is 0 Å². The molecule has 3 N–H and O–H groups in total. The van der Waals surface area contributed by atoms with Crippen LogP contribution in [0.15, 0.2) is 24.4 Å². The van der Waals surface area contributed by atoms with Gasteiger partial charge in [0.05, 0.1) is 23.6 Å². The zero-order valence-corrected chi connectivity index (χ0v) is 12.8. The highest BCUT2D eigenvalue weighted by molar-refractivity contribution is 5.94. The van der Waals surface area contributed by atoms with Crippen LogP contribution >= 0.6 is 0 Å². The molecule has 1 amide bonds. The number of aromatic nitrogens is 3. The van der Waals surface area contributed by atoms with Gasteiger partial charge in [-0.2, -0.15) is 5.10 Å². The minimum atomic E-state index is -0.527. The van der Waals surface area contributed by atoms with E-state index in [4.69, 9.17) is 5.73 Å². The summed E-state index contributed by atoms with van der Waals surface area (Å²) in [6.45, 7) is 7.73. The van der Waals surface area contributed by atoms with E-state index < -0.39 is 6.04 Å². The molecule has 21 heavy (non-hydrogen) atoms. The highest BCUT2D eigenvalue weighted by Crippen LogP contribution is 2.13. The molecule has 0 aliphatic rings. The molecule has 2 aromatic rings. The van der Waals surface area contributed by atoms with E-state index in [1.165, 1.54) is 0 Å². The average molecular weight is 287 g/mol. The highest BCUT2D eigenvalue weighted by Gasteiger charge is 2.17. The Morgan fingerprint density at radius 2 is 2.05 bits per heavy atom. The van der Waals surface area contributed by atoms with E-state index >= 15 is 0 Å². The lowest BCUT2D eigenvalue weighted by molar-refractivity contribution is -0.118. The summed E-state index contributed by atoms with van der Waals surface area (Å²) in [4.78, 5) is 16.2. The SMILES string of the molecule is Cc1cc(C)n(-c2ccc(NC(=O)C(N)C(C)C)cn2)n1. The van der Waals surface area contributed by atoms with Crippen molar-refractivity contribution in [3.8, 4) is 5.82 Å². The van der Waals surface area contributed by atoms with E-state index in [1.807, 2.05) is 39.8 Å². The van der Waals surface area contributed by atoms with Crippen molar-refractivity contribution < 1.29 is 4.79 Å². The first kappa shape index (κ1) is 15.2. The molecule has 2 aromatic heterocycles. The molecule has 0 spiro atoms. The predicted octanol–water partition coefficient (Wildman–Crippen LogP) is 1.81. The largest absolute Gasteiger partial charge is 0.323 e. The molecule has 0 fully saturated rings. The van der Waals surface area contributed by atoms with Gasteiger partial charge < -0.3 is 11.1 Å². The van der Waals surface area contributed by atoms with Crippen LogP contribution in [0, 0.1) is 19.8 Å². The summed E-state index contributed by atoms with van der Waals surface area (Å²) in [6.07, 6.45) is 1.61. The standard InChI is InChI=1S/C15H21N5O/c1-9(2)14(16)15(21)18-12-5-6-13(17-8-12)20-11(4)7-10(3)19-20/h5-9,14H,16H2,1-4H3,(H,18,21). The minimum Gasteiger partial charge on any atom is -0.323 e. The topological polar surface area (TPSA) is 85.8 Å². The Labute approximate surface area is 124 Å². The van der Waals surface area contributed by atoms with Crippen LogP contribution in [0.3, 0.4) is 0 Å². The van der Waals surface area contributed by atoms with Crippen molar-refractivity contribution in [2.75, 3.05) is 5.32 Å². The van der Waals surface area contributed by atoms with Crippen molar-refractivity contribution >= 4 is 11.6 Å². The van der Waals surface area contributed by atoms with Crippen LogP contribution in [-0.4, -0.2) is 26.7 Å². The van der Waals surface area contributed by atoms with Gasteiger partial charge in [0.15, 0.2) is 5.82 Å². The second-order valence-electron chi connectivity index (χ2n) is 5.50. The molecule has 0 bridgehead atoms. The molecule has 2 rings (SSSR count). The second kappa shape index (κ2) is 6.05. The average Bonchev–Trinajstić information content (AvgIpc) is 2.77. The molecular weight excluding hydrogens is 266 g/mol. The van der Waals surface area contributed by atoms with Crippen LogP contribution in [0.4, 0.5) is 5.69 Å². The lowest BCUT2D eigenvalue weighted by Gasteiger charge is -2.15. The van der Waals surface area contributed by atoms with Crippen molar-refractivity contribution in [2.45, 2.75) is 33.7 Å². The number of aryl methyl sites for hydroxylation is 2. The number of rotatable bonds is 4. The van der Waals surface area contributed by atoms with Gasteiger partial charge >= 0.3 is 0 Å². The maximum absolute atomic E-state index is 11.9. The van der Waals surface area contributed by atoms with Gasteiger partial charge in [-0.15, -0.1) is 0 Å². The van der Waals surface area contributed by atoms with E-state index in [2.05, 4.69) is 15.4 Å². The van der Waals surface area contributed by atoms with Gasteiger partial charge in [0.1, 0.15) is 0 Å². The molecule has 0 aromatic carbocycles. The number of nitrogens with two attached hydrogens (primary N) is 1. The molecule has 1 atom stereocenters. The maximum Gasteiger partial charge on any atom is 0.241 e. The number of hydrogen-bond donors (Lipinski definition) is 2. The Hall–Kier alpha value is -2.21. The molecular formula is C15H21N5O. The van der Waals surface area contributed by atoms with Crippen LogP contribution in [-0.2, 0) is 4.79 Å². The lowest BCUT2D eigenvalue weighted by Crippen LogP contribution is -2.39. The molecule has 112 valence electrons. The second-order valence-corrected chi connectivity index (χ2v) is 5.50. The zero-order valence-electron chi connectivity index (χ0n) is 12.8. The van der Waals surface area contributed by atoms with Gasteiger partial charge in [-0.25, -0.2) is 9.67 Å². The number of pyridine rings is 1. The summed E-state index contributed by atoms with van der Waals surface area (Å²) >= 11 is 0. The van der Waals surface area contributed by atoms with Gasteiger partial charge in [-0.05, 0) is 38.0 Å². The summed E-state index contributed by atoms with van der Waals surface area (Å²) in [7, 11) is 0. The third-order valence-corrected chi connectivity index (χ3v) is 3.26. The smallest absolute Gasteiger partial charge is 0.241 e. The fourth-order valence-corrected chi connectivity index (χ4v) is 1.97. The van der Waals surface area contributed by atoms with Crippen LogP contribution in [0.2, 0.25) is 0 Å². The zero-order chi connectivity index (χ0) is 15.6. The third-order valence-electron chi connectivity index (χ3n) is 3.26. The van der Waals surface area contributed by atoms with Crippen molar-refractivity contribution in [2.24, 2.45) is 11.7 Å². The Morgan fingerprint density at radius 1 is 1.33 bits per heavy atom. The Balaban J connectivity index is 2.13. The quantitative estimate of drug-likeness (QED) is 0.898. The van der Waals surface area contributed by atoms with E-state index in [9.17, 15) is 4.79 Å². The van der Waals surface area contributed by atoms with Crippen molar-refractivity contribution in [3.05, 3.63) is 35.8 Å². The summed E-state index contributed by atoms with van der Waals surface area (Å²) in [5.41, 5.74) is 8.38. The van der Waals surface area contributed by atoms with Crippen LogP contribution < -0.4 is 11.1 Å². The molecule has 6 heteroatoms. The van der Waals surface area contributed by atoms with Gasteiger partial charge in [0, 0.05) is 5.69 Å². The molecule has 1 unspecified atom stereocenters. The Morgan fingerprint density at radius 3 is 2.52 bits per heavy atom. The molecule has 0 radical (unpaired) electrons.